The average Bonchev–Trinajstić information content (AvgIpc) is 2.45. The van der Waals surface area contributed by atoms with Gasteiger partial charge in [-0.05, 0) is 38.1 Å². The molecule has 2 aromatic carbocycles. The van der Waals surface area contributed by atoms with Gasteiger partial charge in [0.05, 0.1) is 0 Å². The molecule has 98 valence electrons. The lowest BCUT2D eigenvalue weighted by molar-refractivity contribution is 0.100. The molecule has 0 bridgehead atoms. The van der Waals surface area contributed by atoms with Crippen molar-refractivity contribution in [3.05, 3.63) is 70.8 Å². The van der Waals surface area contributed by atoms with Gasteiger partial charge in [0.15, 0.2) is 11.6 Å². The lowest BCUT2D eigenvalue weighted by Crippen LogP contribution is -1.92. The molecule has 20 heavy (non-hydrogen) atoms. The molecule has 2 rings (SSSR count). The second-order valence-electron chi connectivity index (χ2n) is 4.52. The minimum Gasteiger partial charge on any atom is -0.295 e. The number of carbonyl (C=O) groups excluding carboxylic acids is 2. The first-order valence-corrected chi connectivity index (χ1v) is 6.30. The van der Waals surface area contributed by atoms with E-state index in [1.165, 1.54) is 13.8 Å². The van der Waals surface area contributed by atoms with Gasteiger partial charge in [0.1, 0.15) is 0 Å². The first kappa shape index (κ1) is 13.8. The summed E-state index contributed by atoms with van der Waals surface area (Å²) < 4.78 is 0. The van der Waals surface area contributed by atoms with Gasteiger partial charge in [-0.3, -0.25) is 9.59 Å². The highest BCUT2D eigenvalue weighted by molar-refractivity contribution is 5.95. The number of hydrogen-bond donors (Lipinski definition) is 0. The third-order valence-corrected chi connectivity index (χ3v) is 2.89. The normalized spacial score (nSPS) is 9.50. The summed E-state index contributed by atoms with van der Waals surface area (Å²) in [6.07, 6.45) is 0. The van der Waals surface area contributed by atoms with Gasteiger partial charge >= 0.3 is 0 Å². The second kappa shape index (κ2) is 5.99. The maximum absolute atomic E-state index is 11.3. The molecule has 2 nitrogen and oxygen atoms in total. The van der Waals surface area contributed by atoms with Gasteiger partial charge in [0.2, 0.25) is 0 Å². The van der Waals surface area contributed by atoms with Crippen LogP contribution in [0.2, 0.25) is 0 Å². The van der Waals surface area contributed by atoms with Crippen molar-refractivity contribution >= 4 is 11.6 Å². The van der Waals surface area contributed by atoms with Crippen molar-refractivity contribution in [3.63, 3.8) is 0 Å². The van der Waals surface area contributed by atoms with Gasteiger partial charge in [0, 0.05) is 22.3 Å². The molecule has 0 radical (unpaired) electrons. The van der Waals surface area contributed by atoms with Crippen LogP contribution in [0.1, 0.15) is 45.7 Å². The summed E-state index contributed by atoms with van der Waals surface area (Å²) in [5, 5.41) is 0. The molecule has 0 heterocycles. The highest BCUT2D eigenvalue weighted by Crippen LogP contribution is 2.07. The first-order chi connectivity index (χ1) is 9.56. The van der Waals surface area contributed by atoms with Crippen molar-refractivity contribution < 1.29 is 9.59 Å². The molecular formula is C18H14O2. The summed E-state index contributed by atoms with van der Waals surface area (Å²) in [5.74, 6) is 6.06. The number of ketones is 2. The third kappa shape index (κ3) is 3.43. The van der Waals surface area contributed by atoms with Crippen LogP contribution < -0.4 is 0 Å². The Morgan fingerprint density at radius 3 is 1.50 bits per heavy atom. The lowest BCUT2D eigenvalue weighted by Gasteiger charge is -1.97. The van der Waals surface area contributed by atoms with Crippen LogP contribution >= 0.6 is 0 Å². The average molecular weight is 262 g/mol. The van der Waals surface area contributed by atoms with Crippen molar-refractivity contribution in [3.8, 4) is 11.8 Å². The Labute approximate surface area is 118 Å². The van der Waals surface area contributed by atoms with E-state index in [0.717, 1.165) is 11.1 Å². The Morgan fingerprint density at radius 1 is 0.750 bits per heavy atom. The fourth-order valence-electron chi connectivity index (χ4n) is 1.78. The molecule has 0 N–H and O–H groups in total. The van der Waals surface area contributed by atoms with Gasteiger partial charge in [-0.2, -0.15) is 0 Å². The van der Waals surface area contributed by atoms with Crippen molar-refractivity contribution in [2.45, 2.75) is 13.8 Å². The predicted molar refractivity (Wildman–Crippen MR) is 78.9 cm³/mol. The van der Waals surface area contributed by atoms with E-state index in [0.29, 0.717) is 11.1 Å². The number of Topliss-reactive ketones (excluding diaryl/α,β-unsaturated/α-hetero) is 2. The van der Waals surface area contributed by atoms with Gasteiger partial charge in [-0.15, -0.1) is 0 Å². The predicted octanol–water partition coefficient (Wildman–Crippen LogP) is 3.49. The Hall–Kier alpha value is -2.66. The maximum atomic E-state index is 11.3. The van der Waals surface area contributed by atoms with Crippen molar-refractivity contribution in [2.75, 3.05) is 0 Å². The molecule has 2 heteroatoms. The second-order valence-corrected chi connectivity index (χ2v) is 4.52. The van der Waals surface area contributed by atoms with Crippen LogP contribution in [-0.4, -0.2) is 11.6 Å². The van der Waals surface area contributed by atoms with E-state index in [9.17, 15) is 9.59 Å². The van der Waals surface area contributed by atoms with E-state index >= 15 is 0 Å². The van der Waals surface area contributed by atoms with Crippen LogP contribution in [0.25, 0.3) is 0 Å². The topological polar surface area (TPSA) is 34.1 Å². The summed E-state index contributed by atoms with van der Waals surface area (Å²) in [7, 11) is 0. The van der Waals surface area contributed by atoms with Crippen LogP contribution in [0.4, 0.5) is 0 Å². The minimum atomic E-state index is 0.0206. The molecule has 0 aliphatic rings. The lowest BCUT2D eigenvalue weighted by atomic mass is 10.1. The Morgan fingerprint density at radius 2 is 1.15 bits per heavy atom. The molecule has 0 unspecified atom stereocenters. The van der Waals surface area contributed by atoms with Crippen LogP contribution in [0.5, 0.6) is 0 Å². The largest absolute Gasteiger partial charge is 0.295 e. The molecule has 2 aromatic rings. The van der Waals surface area contributed by atoms with Crippen LogP contribution in [0, 0.1) is 11.8 Å². The summed E-state index contributed by atoms with van der Waals surface area (Å²) in [6.45, 7) is 3.06. The molecule has 0 aromatic heterocycles. The van der Waals surface area contributed by atoms with Gasteiger partial charge in [0.25, 0.3) is 0 Å². The van der Waals surface area contributed by atoms with Gasteiger partial charge in [-0.1, -0.05) is 36.1 Å². The van der Waals surface area contributed by atoms with Crippen molar-refractivity contribution in [1.82, 2.24) is 0 Å². The zero-order valence-corrected chi connectivity index (χ0v) is 11.4. The molecule has 0 amide bonds. The SMILES string of the molecule is CC(=O)c1cccc(C#Cc2cccc(C(C)=O)c2)c1. The Bertz CT molecular complexity index is 669. The van der Waals surface area contributed by atoms with Crippen LogP contribution in [0.15, 0.2) is 48.5 Å². The first-order valence-electron chi connectivity index (χ1n) is 6.30. The van der Waals surface area contributed by atoms with E-state index < -0.39 is 0 Å². The quantitative estimate of drug-likeness (QED) is 0.613. The van der Waals surface area contributed by atoms with Gasteiger partial charge in [-0.25, -0.2) is 0 Å². The zero-order chi connectivity index (χ0) is 14.5. The number of hydrogen-bond acceptors (Lipinski definition) is 2. The van der Waals surface area contributed by atoms with Crippen molar-refractivity contribution in [2.24, 2.45) is 0 Å². The molecule has 0 fully saturated rings. The van der Waals surface area contributed by atoms with E-state index in [2.05, 4.69) is 11.8 Å². The highest BCUT2D eigenvalue weighted by atomic mass is 16.1. The zero-order valence-electron chi connectivity index (χ0n) is 11.4. The summed E-state index contributed by atoms with van der Waals surface area (Å²) in [4.78, 5) is 22.6. The minimum absolute atomic E-state index is 0.0206. The Kier molecular flexibility index (Phi) is 4.12. The molecular weight excluding hydrogens is 248 g/mol. The van der Waals surface area contributed by atoms with Crippen molar-refractivity contribution in [1.29, 1.82) is 0 Å². The fraction of sp³-hybridized carbons (Fsp3) is 0.111. The highest BCUT2D eigenvalue weighted by Gasteiger charge is 1.99. The summed E-state index contributed by atoms with van der Waals surface area (Å²) in [6, 6.07) is 14.4. The molecule has 0 spiro atoms. The molecule has 0 aliphatic carbocycles. The van der Waals surface area contributed by atoms with Gasteiger partial charge < -0.3 is 0 Å². The summed E-state index contributed by atoms with van der Waals surface area (Å²) in [5.41, 5.74) is 2.86. The molecule has 0 saturated heterocycles. The standard InChI is InChI=1S/C18H14O2/c1-13(19)17-7-3-5-15(11-17)9-10-16-6-4-8-18(12-16)14(2)20/h3-8,11-12H,1-2H3. The van der Waals surface area contributed by atoms with E-state index in [4.69, 9.17) is 0 Å². The maximum Gasteiger partial charge on any atom is 0.159 e. The van der Waals surface area contributed by atoms with E-state index in [-0.39, 0.29) is 11.6 Å². The van der Waals surface area contributed by atoms with E-state index in [1.54, 1.807) is 24.3 Å². The number of benzene rings is 2. The number of carbonyl (C=O) groups is 2. The van der Waals surface area contributed by atoms with E-state index in [1.807, 2.05) is 24.3 Å². The number of rotatable bonds is 2. The third-order valence-electron chi connectivity index (χ3n) is 2.89. The smallest absolute Gasteiger partial charge is 0.159 e. The fourth-order valence-corrected chi connectivity index (χ4v) is 1.78. The monoisotopic (exact) mass is 262 g/mol. The van der Waals surface area contributed by atoms with Crippen LogP contribution in [-0.2, 0) is 0 Å². The Balaban J connectivity index is 2.31. The molecule has 0 saturated carbocycles. The molecule has 0 aliphatic heterocycles. The van der Waals surface area contributed by atoms with Crippen LogP contribution in [0.3, 0.4) is 0 Å². The molecule has 0 atom stereocenters. The summed E-state index contributed by atoms with van der Waals surface area (Å²) >= 11 is 0.